The maximum Gasteiger partial charge on any atom is 0.410 e. The predicted octanol–water partition coefficient (Wildman–Crippen LogP) is 1.24. The zero-order chi connectivity index (χ0) is 18.6. The van der Waals surface area contributed by atoms with Crippen molar-refractivity contribution in [2.75, 3.05) is 19.8 Å². The smallest absolute Gasteiger partial charge is 0.410 e. The van der Waals surface area contributed by atoms with Crippen LogP contribution in [0.1, 0.15) is 37.7 Å². The van der Waals surface area contributed by atoms with Gasteiger partial charge in [0.2, 0.25) is 0 Å². The molecule has 0 aromatic carbocycles. The first-order valence-electron chi connectivity index (χ1n) is 7.94. The van der Waals surface area contributed by atoms with Crippen LogP contribution in [0.15, 0.2) is 6.33 Å². The third-order valence-electron chi connectivity index (χ3n) is 3.99. The molecule has 142 valence electrons. The molecule has 0 bridgehead atoms. The minimum absolute atomic E-state index is 0.0141. The molecule has 2 atom stereocenters. The molecule has 10 nitrogen and oxygen atoms in total. The number of aromatic amines is 1. The molecule has 3 N–H and O–H groups in total. The number of hydrogen-bond donors (Lipinski definition) is 3. The van der Waals surface area contributed by atoms with E-state index in [1.165, 1.54) is 0 Å². The molecule has 0 spiro atoms. The number of amides is 1. The van der Waals surface area contributed by atoms with Gasteiger partial charge >= 0.3 is 16.5 Å². The molecule has 3 rings (SSSR count). The first-order valence-corrected chi connectivity index (χ1v) is 9.33. The van der Waals surface area contributed by atoms with Crippen molar-refractivity contribution in [2.24, 2.45) is 5.92 Å². The van der Waals surface area contributed by atoms with Gasteiger partial charge in [-0.3, -0.25) is 14.0 Å². The highest BCUT2D eigenvalue weighted by molar-refractivity contribution is 7.79. The number of nitrogens with zero attached hydrogens (tertiary/aromatic N) is 2. The largest absolute Gasteiger partial charge is 0.444 e. The van der Waals surface area contributed by atoms with Crippen molar-refractivity contribution in [3.05, 3.63) is 17.7 Å². The number of hydrogen-bond acceptors (Lipinski definition) is 6. The highest BCUT2D eigenvalue weighted by Crippen LogP contribution is 2.33. The number of fused-ring (bicyclic) bond motifs is 1. The maximum absolute atomic E-state index is 12.4. The predicted molar refractivity (Wildman–Crippen MR) is 86.5 cm³/mol. The van der Waals surface area contributed by atoms with E-state index in [-0.39, 0.29) is 18.2 Å². The van der Waals surface area contributed by atoms with E-state index in [0.717, 1.165) is 24.2 Å². The van der Waals surface area contributed by atoms with Crippen LogP contribution in [0.2, 0.25) is 0 Å². The van der Waals surface area contributed by atoms with Crippen LogP contribution in [0.5, 0.6) is 0 Å². The summed E-state index contributed by atoms with van der Waals surface area (Å²) in [5.74, 6) is 0.296. The molecule has 2 aliphatic heterocycles. The van der Waals surface area contributed by atoms with Gasteiger partial charge in [0, 0.05) is 25.1 Å². The summed E-state index contributed by atoms with van der Waals surface area (Å²) in [7, 11) is -4.67. The van der Waals surface area contributed by atoms with Gasteiger partial charge < -0.3 is 14.5 Å². The number of carbonyl (C=O) groups is 1. The first kappa shape index (κ1) is 19.6. The Morgan fingerprint density at radius 3 is 2.72 bits per heavy atom. The third-order valence-corrected chi connectivity index (χ3v) is 3.99. The lowest BCUT2D eigenvalue weighted by Crippen LogP contribution is -2.43. The molecule has 1 aromatic heterocycles. The SMILES string of the molecule is CC(C)[C@H]1c2nc[nH]c2CCN1C(=O)OC1CCOC1.O=S(=O)(O)O. The minimum atomic E-state index is -4.67. The van der Waals surface area contributed by atoms with E-state index in [2.05, 4.69) is 23.8 Å². The van der Waals surface area contributed by atoms with Gasteiger partial charge in [0.25, 0.3) is 0 Å². The Morgan fingerprint density at radius 2 is 2.16 bits per heavy atom. The van der Waals surface area contributed by atoms with E-state index in [1.54, 1.807) is 6.33 Å². The van der Waals surface area contributed by atoms with Crippen molar-refractivity contribution in [1.29, 1.82) is 0 Å². The van der Waals surface area contributed by atoms with Crippen LogP contribution in [0.3, 0.4) is 0 Å². The molecule has 0 radical (unpaired) electrons. The highest BCUT2D eigenvalue weighted by atomic mass is 32.3. The number of carbonyl (C=O) groups excluding carboxylic acids is 1. The molecule has 3 heterocycles. The van der Waals surface area contributed by atoms with Crippen molar-refractivity contribution >= 4 is 16.5 Å². The van der Waals surface area contributed by atoms with E-state index in [1.807, 2.05) is 4.90 Å². The average Bonchev–Trinajstić information content (AvgIpc) is 3.14. The number of imidazole rings is 1. The number of nitrogens with one attached hydrogen (secondary N) is 1. The Hall–Kier alpha value is -1.69. The Kier molecular flexibility index (Phi) is 6.38. The monoisotopic (exact) mass is 377 g/mol. The fourth-order valence-corrected chi connectivity index (χ4v) is 3.00. The Bertz CT molecular complexity index is 674. The van der Waals surface area contributed by atoms with Crippen LogP contribution in [-0.4, -0.2) is 64.3 Å². The summed E-state index contributed by atoms with van der Waals surface area (Å²) in [4.78, 5) is 21.8. The van der Waals surface area contributed by atoms with Crippen molar-refractivity contribution in [1.82, 2.24) is 14.9 Å². The van der Waals surface area contributed by atoms with Gasteiger partial charge in [-0.15, -0.1) is 0 Å². The molecule has 1 saturated heterocycles. The van der Waals surface area contributed by atoms with E-state index in [0.29, 0.717) is 25.7 Å². The summed E-state index contributed by atoms with van der Waals surface area (Å²) in [6.45, 7) is 6.07. The summed E-state index contributed by atoms with van der Waals surface area (Å²) in [6, 6.07) is -0.0141. The van der Waals surface area contributed by atoms with Crippen LogP contribution in [-0.2, 0) is 26.3 Å². The quantitative estimate of drug-likeness (QED) is 0.653. The minimum Gasteiger partial charge on any atom is -0.444 e. The number of rotatable bonds is 2. The van der Waals surface area contributed by atoms with Crippen LogP contribution >= 0.6 is 0 Å². The van der Waals surface area contributed by atoms with Gasteiger partial charge in [-0.1, -0.05) is 13.8 Å². The molecule has 25 heavy (non-hydrogen) atoms. The van der Waals surface area contributed by atoms with Crippen molar-refractivity contribution in [3.63, 3.8) is 0 Å². The summed E-state index contributed by atoms with van der Waals surface area (Å²) >= 11 is 0. The lowest BCUT2D eigenvalue weighted by atomic mass is 9.94. The average molecular weight is 377 g/mol. The molecule has 1 amide bonds. The second kappa shape index (κ2) is 8.13. The lowest BCUT2D eigenvalue weighted by Gasteiger charge is -2.36. The molecule has 1 fully saturated rings. The molecule has 11 heteroatoms. The van der Waals surface area contributed by atoms with Gasteiger partial charge in [-0.2, -0.15) is 8.42 Å². The van der Waals surface area contributed by atoms with E-state index in [9.17, 15) is 4.79 Å². The summed E-state index contributed by atoms with van der Waals surface area (Å²) in [5, 5.41) is 0. The standard InChI is InChI=1S/C14H21N3O3.H2O4S/c1-9(2)13-12-11(15-8-16-12)3-5-17(13)14(18)20-10-4-6-19-7-10;1-5(2,3)4/h8-10,13H,3-7H2,1-2H3,(H,15,16);(H2,1,2,3,4)/t10?,13-;/m0./s1. The summed E-state index contributed by atoms with van der Waals surface area (Å²) in [6.07, 6.45) is 2.96. The highest BCUT2D eigenvalue weighted by Gasteiger charge is 2.36. The molecule has 0 aliphatic carbocycles. The zero-order valence-electron chi connectivity index (χ0n) is 14.1. The fraction of sp³-hybridized carbons (Fsp3) is 0.714. The topological polar surface area (TPSA) is 142 Å². The van der Waals surface area contributed by atoms with Crippen molar-refractivity contribution < 1.29 is 31.8 Å². The fourth-order valence-electron chi connectivity index (χ4n) is 3.00. The van der Waals surface area contributed by atoms with Gasteiger partial charge in [0.1, 0.15) is 6.10 Å². The van der Waals surface area contributed by atoms with Gasteiger partial charge in [0.05, 0.1) is 31.3 Å². The Balaban J connectivity index is 0.000000399. The third kappa shape index (κ3) is 5.66. The van der Waals surface area contributed by atoms with E-state index >= 15 is 0 Å². The van der Waals surface area contributed by atoms with E-state index < -0.39 is 10.4 Å². The maximum atomic E-state index is 12.4. The van der Waals surface area contributed by atoms with Crippen LogP contribution in [0.4, 0.5) is 4.79 Å². The molecule has 1 aromatic rings. The molecule has 1 unspecified atom stereocenters. The van der Waals surface area contributed by atoms with Crippen molar-refractivity contribution in [2.45, 2.75) is 38.8 Å². The molecular weight excluding hydrogens is 354 g/mol. The molecule has 2 aliphatic rings. The van der Waals surface area contributed by atoms with Crippen LogP contribution in [0, 0.1) is 5.92 Å². The Morgan fingerprint density at radius 1 is 1.48 bits per heavy atom. The first-order chi connectivity index (χ1) is 11.7. The number of H-pyrrole nitrogens is 1. The second-order valence-electron chi connectivity index (χ2n) is 6.22. The number of ether oxygens (including phenoxy) is 2. The molecular formula is C14H23N3O7S. The van der Waals surface area contributed by atoms with Crippen molar-refractivity contribution in [3.8, 4) is 0 Å². The zero-order valence-corrected chi connectivity index (χ0v) is 14.9. The van der Waals surface area contributed by atoms with Gasteiger partial charge in [-0.25, -0.2) is 9.78 Å². The number of aromatic nitrogens is 2. The van der Waals surface area contributed by atoms with Crippen LogP contribution < -0.4 is 0 Å². The normalized spacial score (nSPS) is 23.0. The van der Waals surface area contributed by atoms with Gasteiger partial charge in [0.15, 0.2) is 0 Å². The second-order valence-corrected chi connectivity index (χ2v) is 7.11. The summed E-state index contributed by atoms with van der Waals surface area (Å²) < 4.78 is 42.4. The van der Waals surface area contributed by atoms with E-state index in [4.69, 9.17) is 27.0 Å². The van der Waals surface area contributed by atoms with Gasteiger partial charge in [-0.05, 0) is 5.92 Å². The lowest BCUT2D eigenvalue weighted by molar-refractivity contribution is 0.0344. The Labute approximate surface area is 146 Å². The van der Waals surface area contributed by atoms with Crippen LogP contribution in [0.25, 0.3) is 0 Å². The molecule has 0 saturated carbocycles. The summed E-state index contributed by atoms with van der Waals surface area (Å²) in [5.41, 5.74) is 2.11.